The second-order valence-corrected chi connectivity index (χ2v) is 10.9. The Morgan fingerprint density at radius 3 is 2.43 bits per heavy atom. The highest BCUT2D eigenvalue weighted by Gasteiger charge is 2.38. The van der Waals surface area contributed by atoms with Gasteiger partial charge in [-0.3, -0.25) is 9.69 Å². The van der Waals surface area contributed by atoms with E-state index in [4.69, 9.17) is 4.74 Å². The summed E-state index contributed by atoms with van der Waals surface area (Å²) in [6, 6.07) is 27.5. The van der Waals surface area contributed by atoms with Gasteiger partial charge in [-0.2, -0.15) is 0 Å². The van der Waals surface area contributed by atoms with Crippen molar-refractivity contribution in [3.05, 3.63) is 101 Å². The number of carbonyl (C=O) groups excluding carboxylic acids is 1. The molecular formula is C33H40N2O2. The minimum absolute atomic E-state index is 0.197. The Kier molecular flexibility index (Phi) is 8.25. The molecule has 1 saturated heterocycles. The molecule has 1 amide bonds. The number of nitrogens with zero attached hydrogens (tertiary/aromatic N) is 2. The van der Waals surface area contributed by atoms with E-state index in [2.05, 4.69) is 59.2 Å². The summed E-state index contributed by atoms with van der Waals surface area (Å²) in [5, 5.41) is 0. The molecule has 3 aromatic carbocycles. The molecule has 2 atom stereocenters. The van der Waals surface area contributed by atoms with Crippen LogP contribution in [0.1, 0.15) is 65.1 Å². The van der Waals surface area contributed by atoms with Crippen molar-refractivity contribution >= 4 is 5.91 Å². The Hall–Kier alpha value is -3.11. The average Bonchev–Trinajstić information content (AvgIpc) is 3.34. The minimum Gasteiger partial charge on any atom is -0.497 e. The maximum Gasteiger partial charge on any atom is 0.254 e. The zero-order chi connectivity index (χ0) is 25.6. The number of hydrogen-bond acceptors (Lipinski definition) is 3. The van der Waals surface area contributed by atoms with E-state index in [0.717, 1.165) is 50.3 Å². The van der Waals surface area contributed by atoms with Gasteiger partial charge in [0, 0.05) is 43.7 Å². The van der Waals surface area contributed by atoms with Gasteiger partial charge in [0.25, 0.3) is 5.91 Å². The topological polar surface area (TPSA) is 32.8 Å². The molecule has 0 N–H and O–H groups in total. The maximum atomic E-state index is 13.9. The van der Waals surface area contributed by atoms with Crippen LogP contribution in [0.4, 0.5) is 0 Å². The molecule has 2 fully saturated rings. The quantitative estimate of drug-likeness (QED) is 0.348. The highest BCUT2D eigenvalue weighted by atomic mass is 16.5. The van der Waals surface area contributed by atoms with Crippen LogP contribution in [0.15, 0.2) is 78.9 Å². The highest BCUT2D eigenvalue weighted by Crippen LogP contribution is 2.37. The third kappa shape index (κ3) is 6.07. The van der Waals surface area contributed by atoms with E-state index in [9.17, 15) is 4.79 Å². The molecule has 0 aromatic heterocycles. The summed E-state index contributed by atoms with van der Waals surface area (Å²) in [4.78, 5) is 18.7. The largest absolute Gasteiger partial charge is 0.497 e. The van der Waals surface area contributed by atoms with Gasteiger partial charge in [-0.1, -0.05) is 73.9 Å². The van der Waals surface area contributed by atoms with Crippen LogP contribution >= 0.6 is 0 Å². The Labute approximate surface area is 222 Å². The fraction of sp³-hybridized carbons (Fsp3) is 0.424. The first-order chi connectivity index (χ1) is 18.1. The SMILES string of the molecule is COc1cccc(CN2C[C@H](CN(C(=O)c3ccccc3)C3CCCCC3)[C@@H](c3ccccc3C)C2)c1. The predicted octanol–water partition coefficient (Wildman–Crippen LogP) is 6.69. The zero-order valence-electron chi connectivity index (χ0n) is 22.3. The lowest BCUT2D eigenvalue weighted by molar-refractivity contribution is 0.0588. The van der Waals surface area contributed by atoms with Gasteiger partial charge in [-0.15, -0.1) is 0 Å². The molecule has 1 saturated carbocycles. The van der Waals surface area contributed by atoms with E-state index in [1.807, 2.05) is 36.4 Å². The van der Waals surface area contributed by atoms with Crippen molar-refractivity contribution in [2.75, 3.05) is 26.7 Å². The number of likely N-dealkylation sites (tertiary alicyclic amines) is 1. The van der Waals surface area contributed by atoms with Gasteiger partial charge in [-0.25, -0.2) is 0 Å². The Morgan fingerprint density at radius 2 is 1.68 bits per heavy atom. The molecule has 4 heteroatoms. The molecule has 4 nitrogen and oxygen atoms in total. The van der Waals surface area contributed by atoms with Crippen LogP contribution in [-0.2, 0) is 6.54 Å². The van der Waals surface area contributed by atoms with Crippen LogP contribution in [0.2, 0.25) is 0 Å². The number of rotatable bonds is 8. The summed E-state index contributed by atoms with van der Waals surface area (Å²) in [7, 11) is 1.73. The van der Waals surface area contributed by atoms with Crippen molar-refractivity contribution in [1.29, 1.82) is 0 Å². The Morgan fingerprint density at radius 1 is 0.919 bits per heavy atom. The van der Waals surface area contributed by atoms with Crippen LogP contribution < -0.4 is 4.74 Å². The molecule has 0 unspecified atom stereocenters. The van der Waals surface area contributed by atoms with Gasteiger partial charge in [0.05, 0.1) is 7.11 Å². The molecule has 0 bridgehead atoms. The number of aryl methyl sites for hydroxylation is 1. The summed E-state index contributed by atoms with van der Waals surface area (Å²) in [5.41, 5.74) is 4.86. The summed E-state index contributed by atoms with van der Waals surface area (Å²) in [6.45, 7) is 5.93. The van der Waals surface area contributed by atoms with Gasteiger partial charge in [0.15, 0.2) is 0 Å². The molecule has 3 aromatic rings. The number of hydrogen-bond donors (Lipinski definition) is 0. The van der Waals surface area contributed by atoms with Gasteiger partial charge in [-0.05, 0) is 66.6 Å². The third-order valence-corrected chi connectivity index (χ3v) is 8.37. The Balaban J connectivity index is 1.42. The molecule has 1 aliphatic carbocycles. The maximum absolute atomic E-state index is 13.9. The van der Waals surface area contributed by atoms with E-state index in [1.54, 1.807) is 7.11 Å². The molecule has 0 spiro atoms. The van der Waals surface area contributed by atoms with Gasteiger partial charge in [0.1, 0.15) is 5.75 Å². The van der Waals surface area contributed by atoms with Crippen molar-refractivity contribution < 1.29 is 9.53 Å². The summed E-state index contributed by atoms with van der Waals surface area (Å²) >= 11 is 0. The molecule has 5 rings (SSSR count). The molecule has 194 valence electrons. The standard InChI is InChI=1S/C33H40N2O2/c1-25-12-9-10-19-31(25)32-24-34(21-26-13-11-18-30(20-26)37-2)22-28(32)23-35(29-16-7-4-8-17-29)33(36)27-14-5-3-6-15-27/h3,5-6,9-15,18-20,28-29,32H,4,7-8,16-17,21-24H2,1-2H3/t28-,32+/m1/s1. The molecule has 1 heterocycles. The van der Waals surface area contributed by atoms with Gasteiger partial charge >= 0.3 is 0 Å². The number of ether oxygens (including phenoxy) is 1. The van der Waals surface area contributed by atoms with Gasteiger partial charge in [0.2, 0.25) is 0 Å². The van der Waals surface area contributed by atoms with Gasteiger partial charge < -0.3 is 9.64 Å². The van der Waals surface area contributed by atoms with E-state index in [1.165, 1.54) is 36.0 Å². The lowest BCUT2D eigenvalue weighted by Crippen LogP contribution is -2.45. The first-order valence-corrected chi connectivity index (χ1v) is 13.9. The van der Waals surface area contributed by atoms with E-state index >= 15 is 0 Å². The monoisotopic (exact) mass is 496 g/mol. The summed E-state index contributed by atoms with van der Waals surface area (Å²) in [5.74, 6) is 1.89. The second-order valence-electron chi connectivity index (χ2n) is 10.9. The predicted molar refractivity (Wildman–Crippen MR) is 150 cm³/mol. The lowest BCUT2D eigenvalue weighted by atomic mass is 9.85. The summed E-state index contributed by atoms with van der Waals surface area (Å²) < 4.78 is 5.47. The normalized spacial score (nSPS) is 20.6. The Bertz CT molecular complexity index is 1170. The second kappa shape index (κ2) is 12.0. The smallest absolute Gasteiger partial charge is 0.254 e. The van der Waals surface area contributed by atoms with Crippen molar-refractivity contribution in [3.8, 4) is 5.75 Å². The van der Waals surface area contributed by atoms with Crippen LogP contribution in [0.3, 0.4) is 0 Å². The van der Waals surface area contributed by atoms with E-state index in [-0.39, 0.29) is 5.91 Å². The third-order valence-electron chi connectivity index (χ3n) is 8.37. The fourth-order valence-electron chi connectivity index (χ4n) is 6.45. The van der Waals surface area contributed by atoms with Crippen molar-refractivity contribution in [1.82, 2.24) is 9.80 Å². The molecule has 37 heavy (non-hydrogen) atoms. The fourth-order valence-corrected chi connectivity index (χ4v) is 6.45. The minimum atomic E-state index is 0.197. The number of amides is 1. The van der Waals surface area contributed by atoms with Crippen molar-refractivity contribution in [3.63, 3.8) is 0 Å². The van der Waals surface area contributed by atoms with E-state index < -0.39 is 0 Å². The average molecular weight is 497 g/mol. The van der Waals surface area contributed by atoms with Crippen molar-refractivity contribution in [2.24, 2.45) is 5.92 Å². The first kappa shape index (κ1) is 25.5. The number of carbonyl (C=O) groups is 1. The first-order valence-electron chi connectivity index (χ1n) is 13.9. The zero-order valence-corrected chi connectivity index (χ0v) is 22.3. The van der Waals surface area contributed by atoms with Crippen molar-refractivity contribution in [2.45, 2.75) is 57.5 Å². The van der Waals surface area contributed by atoms with Crippen LogP contribution in [0, 0.1) is 12.8 Å². The molecule has 0 radical (unpaired) electrons. The highest BCUT2D eigenvalue weighted by molar-refractivity contribution is 5.94. The number of methoxy groups -OCH3 is 1. The molecular weight excluding hydrogens is 456 g/mol. The molecule has 2 aliphatic rings. The summed E-state index contributed by atoms with van der Waals surface area (Å²) in [6.07, 6.45) is 5.96. The van der Waals surface area contributed by atoms with Crippen LogP contribution in [-0.4, -0.2) is 48.5 Å². The number of benzene rings is 3. The van der Waals surface area contributed by atoms with Crippen LogP contribution in [0.5, 0.6) is 5.75 Å². The lowest BCUT2D eigenvalue weighted by Gasteiger charge is -2.37. The molecule has 1 aliphatic heterocycles. The van der Waals surface area contributed by atoms with Crippen LogP contribution in [0.25, 0.3) is 0 Å². The van der Waals surface area contributed by atoms with E-state index in [0.29, 0.717) is 17.9 Å².